The summed E-state index contributed by atoms with van der Waals surface area (Å²) in [6.07, 6.45) is 1.71. The third-order valence-electron chi connectivity index (χ3n) is 8.54. The third-order valence-corrected chi connectivity index (χ3v) is 9.49. The summed E-state index contributed by atoms with van der Waals surface area (Å²) in [6, 6.07) is 5.92. The molecule has 1 aromatic heterocycles. The number of cyclic esters (lactones) is 1. The summed E-state index contributed by atoms with van der Waals surface area (Å²) in [7, 11) is 0. The maximum absolute atomic E-state index is 13.6. The molecule has 2 unspecified atom stereocenters. The first-order valence-corrected chi connectivity index (χ1v) is 14.4. The van der Waals surface area contributed by atoms with Crippen molar-refractivity contribution in [1.29, 1.82) is 0 Å². The zero-order valence-corrected chi connectivity index (χ0v) is 23.9. The number of hydrogen-bond donors (Lipinski definition) is 2. The number of carbonyl (C=O) groups excluding carboxylic acids is 2. The van der Waals surface area contributed by atoms with Gasteiger partial charge in [0, 0.05) is 12.3 Å². The van der Waals surface area contributed by atoms with Gasteiger partial charge in [-0.3, -0.25) is 9.59 Å². The molecular formula is C30H41NO6S. The van der Waals surface area contributed by atoms with Crippen molar-refractivity contribution in [2.24, 2.45) is 17.3 Å². The highest BCUT2D eigenvalue weighted by molar-refractivity contribution is 7.18. The van der Waals surface area contributed by atoms with Crippen molar-refractivity contribution < 1.29 is 29.3 Å². The van der Waals surface area contributed by atoms with Crippen LogP contribution in [0.15, 0.2) is 30.9 Å². The lowest BCUT2D eigenvalue weighted by Gasteiger charge is -2.35. The summed E-state index contributed by atoms with van der Waals surface area (Å²) in [6.45, 7) is 13.0. The van der Waals surface area contributed by atoms with E-state index in [1.807, 2.05) is 32.0 Å². The minimum Gasteiger partial charge on any atom is -0.457 e. The summed E-state index contributed by atoms with van der Waals surface area (Å²) in [5, 5.41) is 23.2. The summed E-state index contributed by atoms with van der Waals surface area (Å²) < 4.78 is 13.2. The van der Waals surface area contributed by atoms with Crippen LogP contribution in [0.4, 0.5) is 0 Å². The first-order valence-electron chi connectivity index (χ1n) is 13.6. The standard InChI is InChI=1S/C30H41NO6S/c1-7-9-20-27(34)17(2)10-8-13-30(6)25(37-30)15-22(19-11-12-23-21(14-19)31-18(3)38-23)36-26(33)16-24(32)29(4,5)28(20)35/h7,11-12,14,17,20,22,24-25,27,32,34H,1,8-10,13,15-16H2,2-6H3/t17-,20+,22?,24-,25+,27?,30-/m0/s1. The number of fused-ring (bicyclic) bond motifs is 2. The van der Waals surface area contributed by atoms with Gasteiger partial charge in [0.25, 0.3) is 0 Å². The summed E-state index contributed by atoms with van der Waals surface area (Å²) in [4.78, 5) is 31.3. The normalized spacial score (nSPS) is 34.9. The number of nitrogens with zero attached hydrogens (tertiary/aromatic N) is 1. The Morgan fingerprint density at radius 2 is 1.97 bits per heavy atom. The van der Waals surface area contributed by atoms with Gasteiger partial charge in [-0.25, -0.2) is 4.98 Å². The fourth-order valence-electron chi connectivity index (χ4n) is 5.70. The number of carbonyl (C=O) groups is 2. The van der Waals surface area contributed by atoms with Crippen LogP contribution in [0, 0.1) is 24.2 Å². The second-order valence-electron chi connectivity index (χ2n) is 11.9. The average Bonchev–Trinajstić information content (AvgIpc) is 3.32. The Morgan fingerprint density at radius 3 is 2.68 bits per heavy atom. The summed E-state index contributed by atoms with van der Waals surface area (Å²) in [5.74, 6) is -1.68. The van der Waals surface area contributed by atoms with Crippen LogP contribution in [0.25, 0.3) is 10.2 Å². The van der Waals surface area contributed by atoms with E-state index >= 15 is 0 Å². The smallest absolute Gasteiger partial charge is 0.309 e. The van der Waals surface area contributed by atoms with E-state index in [0.717, 1.165) is 40.1 Å². The highest BCUT2D eigenvalue weighted by Gasteiger charge is 2.53. The number of Topliss-reactive ketones (excluding diaryl/α,β-unsaturated/α-hetero) is 1. The van der Waals surface area contributed by atoms with Gasteiger partial charge >= 0.3 is 5.97 Å². The van der Waals surface area contributed by atoms with E-state index in [1.54, 1.807) is 31.3 Å². The Bertz CT molecular complexity index is 1190. The number of benzene rings is 1. The number of allylic oxidation sites excluding steroid dienone is 1. The van der Waals surface area contributed by atoms with Gasteiger partial charge in [-0.2, -0.15) is 0 Å². The molecule has 208 valence electrons. The number of epoxide rings is 1. The molecule has 0 bridgehead atoms. The molecule has 2 saturated heterocycles. The maximum Gasteiger partial charge on any atom is 0.309 e. The van der Waals surface area contributed by atoms with E-state index in [1.165, 1.54) is 0 Å². The van der Waals surface area contributed by atoms with Crippen molar-refractivity contribution >= 4 is 33.3 Å². The van der Waals surface area contributed by atoms with Crippen molar-refractivity contribution in [3.05, 3.63) is 41.4 Å². The zero-order chi connectivity index (χ0) is 27.8. The molecule has 2 aliphatic rings. The second kappa shape index (κ2) is 11.2. The molecule has 0 aliphatic carbocycles. The van der Waals surface area contributed by atoms with Gasteiger partial charge < -0.3 is 19.7 Å². The van der Waals surface area contributed by atoms with E-state index in [2.05, 4.69) is 18.5 Å². The van der Waals surface area contributed by atoms with E-state index in [9.17, 15) is 19.8 Å². The minimum atomic E-state index is -1.27. The first-order chi connectivity index (χ1) is 17.9. The monoisotopic (exact) mass is 543 g/mol. The van der Waals surface area contributed by atoms with Crippen LogP contribution >= 0.6 is 11.3 Å². The molecule has 1 aromatic carbocycles. The molecule has 4 rings (SSSR count). The molecular weight excluding hydrogens is 502 g/mol. The van der Waals surface area contributed by atoms with E-state index in [0.29, 0.717) is 12.8 Å². The molecule has 2 aliphatic heterocycles. The molecule has 8 heteroatoms. The van der Waals surface area contributed by atoms with Crippen molar-refractivity contribution in [3.63, 3.8) is 0 Å². The number of aliphatic hydroxyl groups excluding tert-OH is 2. The fraction of sp³-hybridized carbons (Fsp3) is 0.633. The number of aryl methyl sites for hydroxylation is 1. The molecule has 2 N–H and O–H groups in total. The predicted octanol–water partition coefficient (Wildman–Crippen LogP) is 5.46. The van der Waals surface area contributed by atoms with Crippen LogP contribution in [-0.4, -0.2) is 50.9 Å². The van der Waals surface area contributed by atoms with Crippen molar-refractivity contribution in [1.82, 2.24) is 4.98 Å². The quantitative estimate of drug-likeness (QED) is 0.301. The third kappa shape index (κ3) is 6.03. The first kappa shape index (κ1) is 28.9. The molecule has 38 heavy (non-hydrogen) atoms. The van der Waals surface area contributed by atoms with Gasteiger partial charge in [0.15, 0.2) is 0 Å². The highest BCUT2D eigenvalue weighted by Crippen LogP contribution is 2.47. The molecule has 0 spiro atoms. The van der Waals surface area contributed by atoms with Crippen LogP contribution in [0.1, 0.15) is 82.9 Å². The summed E-state index contributed by atoms with van der Waals surface area (Å²) in [5.41, 5.74) is 0.115. The molecule has 7 atom stereocenters. The number of ketones is 1. The van der Waals surface area contributed by atoms with Crippen LogP contribution in [-0.2, 0) is 19.1 Å². The van der Waals surface area contributed by atoms with Gasteiger partial charge in [0.2, 0.25) is 0 Å². The van der Waals surface area contributed by atoms with E-state index < -0.39 is 35.6 Å². The highest BCUT2D eigenvalue weighted by atomic mass is 32.1. The Hall–Kier alpha value is -2.13. The Balaban J connectivity index is 1.63. The minimum absolute atomic E-state index is 0.0715. The van der Waals surface area contributed by atoms with Crippen LogP contribution in [0.3, 0.4) is 0 Å². The van der Waals surface area contributed by atoms with E-state index in [4.69, 9.17) is 9.47 Å². The van der Waals surface area contributed by atoms with Gasteiger partial charge in [-0.05, 0) is 56.7 Å². The maximum atomic E-state index is 13.6. The molecule has 0 radical (unpaired) electrons. The van der Waals surface area contributed by atoms with Gasteiger partial charge in [0.05, 0.1) is 51.0 Å². The Morgan fingerprint density at radius 1 is 1.24 bits per heavy atom. The summed E-state index contributed by atoms with van der Waals surface area (Å²) >= 11 is 1.61. The SMILES string of the molecule is C=CC[C@H]1C(=O)C(C)(C)[C@@H](O)CC(=O)OC(c2ccc3sc(C)nc3c2)C[C@H]2O[C@@]2(C)CCC[C@H](C)C1O. The van der Waals surface area contributed by atoms with Gasteiger partial charge in [-0.15, -0.1) is 17.9 Å². The largest absolute Gasteiger partial charge is 0.457 e. The fourth-order valence-corrected chi connectivity index (χ4v) is 6.51. The topological polar surface area (TPSA) is 109 Å². The van der Waals surface area contributed by atoms with Crippen LogP contribution < -0.4 is 0 Å². The van der Waals surface area contributed by atoms with Crippen molar-refractivity contribution in [2.75, 3.05) is 0 Å². The molecule has 7 nitrogen and oxygen atoms in total. The number of aliphatic hydroxyl groups is 2. The lowest BCUT2D eigenvalue weighted by atomic mass is 9.71. The second-order valence-corrected chi connectivity index (χ2v) is 13.1. The van der Waals surface area contributed by atoms with Crippen LogP contribution in [0.5, 0.6) is 0 Å². The van der Waals surface area contributed by atoms with E-state index in [-0.39, 0.29) is 29.8 Å². The average molecular weight is 544 g/mol. The predicted molar refractivity (Wildman–Crippen MR) is 148 cm³/mol. The number of rotatable bonds is 3. The molecule has 0 saturated carbocycles. The lowest BCUT2D eigenvalue weighted by Crippen LogP contribution is -2.46. The molecule has 2 aromatic rings. The van der Waals surface area contributed by atoms with Gasteiger partial charge in [-0.1, -0.05) is 39.3 Å². The zero-order valence-electron chi connectivity index (χ0n) is 23.1. The number of hydrogen-bond acceptors (Lipinski definition) is 8. The van der Waals surface area contributed by atoms with Crippen LogP contribution in [0.2, 0.25) is 0 Å². The number of ether oxygens (including phenoxy) is 2. The number of aromatic nitrogens is 1. The Labute approximate surface area is 229 Å². The lowest BCUT2D eigenvalue weighted by molar-refractivity contribution is -0.156. The Kier molecular flexibility index (Phi) is 8.48. The molecule has 2 fully saturated rings. The van der Waals surface area contributed by atoms with Gasteiger partial charge in [0.1, 0.15) is 11.9 Å². The molecule has 3 heterocycles. The number of thiazole rings is 1. The number of esters is 1. The van der Waals surface area contributed by atoms with Crippen molar-refractivity contribution in [2.45, 2.75) is 103 Å². The molecule has 0 amide bonds. The van der Waals surface area contributed by atoms with Crippen molar-refractivity contribution in [3.8, 4) is 0 Å².